The molecule has 2 heterocycles. The molecule has 6 nitrogen and oxygen atoms in total. The molecular formula is C13H12BrN3O3. The van der Waals surface area contributed by atoms with E-state index in [1.165, 1.54) is 0 Å². The van der Waals surface area contributed by atoms with Crippen molar-refractivity contribution in [3.8, 4) is 11.4 Å². The molecule has 0 radical (unpaired) electrons. The zero-order chi connectivity index (χ0) is 14.1. The Kier molecular flexibility index (Phi) is 3.54. The molecule has 1 aliphatic heterocycles. The van der Waals surface area contributed by atoms with Gasteiger partial charge >= 0.3 is 5.97 Å². The Labute approximate surface area is 123 Å². The van der Waals surface area contributed by atoms with Crippen LogP contribution in [-0.2, 0) is 11.3 Å². The number of aliphatic carboxylic acids is 1. The van der Waals surface area contributed by atoms with Crippen LogP contribution in [0.3, 0.4) is 0 Å². The van der Waals surface area contributed by atoms with Crippen LogP contribution in [0.2, 0.25) is 0 Å². The van der Waals surface area contributed by atoms with Crippen molar-refractivity contribution in [2.45, 2.75) is 6.54 Å². The average molecular weight is 338 g/mol. The van der Waals surface area contributed by atoms with Gasteiger partial charge in [0.15, 0.2) is 0 Å². The number of nitrogens with zero attached hydrogens (tertiary/aromatic N) is 3. The Morgan fingerprint density at radius 1 is 1.50 bits per heavy atom. The first-order chi connectivity index (χ1) is 9.61. The average Bonchev–Trinajstić information content (AvgIpc) is 2.81. The fourth-order valence-electron chi connectivity index (χ4n) is 2.11. The van der Waals surface area contributed by atoms with Gasteiger partial charge in [0, 0.05) is 23.1 Å². The van der Waals surface area contributed by atoms with Crippen LogP contribution in [-0.4, -0.2) is 39.2 Å². The van der Waals surface area contributed by atoms with Crippen molar-refractivity contribution in [2.75, 3.05) is 13.1 Å². The molecule has 1 saturated heterocycles. The van der Waals surface area contributed by atoms with E-state index in [-0.39, 0.29) is 5.92 Å². The number of aromatic nitrogens is 2. The highest BCUT2D eigenvalue weighted by molar-refractivity contribution is 9.10. The fourth-order valence-corrected chi connectivity index (χ4v) is 2.51. The number of halogens is 1. The van der Waals surface area contributed by atoms with E-state index in [1.807, 2.05) is 29.2 Å². The topological polar surface area (TPSA) is 79.5 Å². The molecule has 3 rings (SSSR count). The van der Waals surface area contributed by atoms with Gasteiger partial charge in [-0.1, -0.05) is 33.2 Å². The van der Waals surface area contributed by atoms with Gasteiger partial charge in [0.1, 0.15) is 0 Å². The number of likely N-dealkylation sites (tertiary alicyclic amines) is 1. The molecule has 0 atom stereocenters. The molecule has 2 aromatic rings. The first-order valence-corrected chi connectivity index (χ1v) is 6.95. The highest BCUT2D eigenvalue weighted by atomic mass is 79.9. The van der Waals surface area contributed by atoms with Crippen molar-refractivity contribution >= 4 is 21.9 Å². The van der Waals surface area contributed by atoms with Crippen molar-refractivity contribution in [1.29, 1.82) is 0 Å². The Hall–Kier alpha value is -1.73. The van der Waals surface area contributed by atoms with E-state index in [1.54, 1.807) is 0 Å². The lowest BCUT2D eigenvalue weighted by Gasteiger charge is -2.35. The third kappa shape index (κ3) is 2.73. The molecule has 1 aromatic carbocycles. The largest absolute Gasteiger partial charge is 0.481 e. The number of hydrogen-bond acceptors (Lipinski definition) is 5. The third-order valence-electron chi connectivity index (χ3n) is 3.22. The maximum Gasteiger partial charge on any atom is 0.309 e. The van der Waals surface area contributed by atoms with Crippen LogP contribution in [0.1, 0.15) is 5.89 Å². The standard InChI is InChI=1S/C13H12BrN3O3/c14-10-3-1-2-8(4-10)12-15-11(20-16-12)7-17-5-9(6-17)13(18)19/h1-4,9H,5-7H2,(H,18,19). The minimum Gasteiger partial charge on any atom is -0.481 e. The number of rotatable bonds is 4. The number of carboxylic acids is 1. The lowest BCUT2D eigenvalue weighted by atomic mass is 10.0. The summed E-state index contributed by atoms with van der Waals surface area (Å²) in [6.45, 7) is 1.55. The lowest BCUT2D eigenvalue weighted by Crippen LogP contribution is -2.49. The summed E-state index contributed by atoms with van der Waals surface area (Å²) in [6, 6.07) is 7.65. The molecule has 1 aliphatic rings. The van der Waals surface area contributed by atoms with Gasteiger partial charge < -0.3 is 9.63 Å². The summed E-state index contributed by atoms with van der Waals surface area (Å²) in [5.74, 6) is 0.0181. The summed E-state index contributed by atoms with van der Waals surface area (Å²) in [6.07, 6.45) is 0. The summed E-state index contributed by atoms with van der Waals surface area (Å²) in [5, 5.41) is 12.8. The van der Waals surface area contributed by atoms with E-state index in [2.05, 4.69) is 26.1 Å². The van der Waals surface area contributed by atoms with Crippen LogP contribution >= 0.6 is 15.9 Å². The van der Waals surface area contributed by atoms with Gasteiger partial charge in [0.2, 0.25) is 11.7 Å². The van der Waals surface area contributed by atoms with Crippen LogP contribution in [0.15, 0.2) is 33.3 Å². The highest BCUT2D eigenvalue weighted by Crippen LogP contribution is 2.22. The normalized spacial score (nSPS) is 16.1. The number of benzene rings is 1. The molecule has 20 heavy (non-hydrogen) atoms. The van der Waals surface area contributed by atoms with Crippen LogP contribution in [0.4, 0.5) is 0 Å². The maximum absolute atomic E-state index is 10.7. The van der Waals surface area contributed by atoms with Gasteiger partial charge in [-0.3, -0.25) is 9.69 Å². The second-order valence-corrected chi connectivity index (χ2v) is 5.67. The molecule has 0 aliphatic carbocycles. The van der Waals surface area contributed by atoms with Crippen molar-refractivity contribution in [3.63, 3.8) is 0 Å². The highest BCUT2D eigenvalue weighted by Gasteiger charge is 2.33. The Bertz CT molecular complexity index is 637. The smallest absolute Gasteiger partial charge is 0.309 e. The van der Waals surface area contributed by atoms with Gasteiger partial charge in [-0.15, -0.1) is 0 Å². The van der Waals surface area contributed by atoms with E-state index < -0.39 is 5.97 Å². The zero-order valence-corrected chi connectivity index (χ0v) is 12.1. The molecule has 0 bridgehead atoms. The number of hydrogen-bond donors (Lipinski definition) is 1. The van der Waals surface area contributed by atoms with Crippen LogP contribution in [0, 0.1) is 5.92 Å². The quantitative estimate of drug-likeness (QED) is 0.919. The first kappa shape index (κ1) is 13.3. The molecule has 0 spiro atoms. The Morgan fingerprint density at radius 3 is 3.00 bits per heavy atom. The lowest BCUT2D eigenvalue weighted by molar-refractivity contribution is -0.147. The maximum atomic E-state index is 10.7. The van der Waals surface area contributed by atoms with Gasteiger partial charge in [-0.2, -0.15) is 4.98 Å². The second kappa shape index (κ2) is 5.34. The van der Waals surface area contributed by atoms with Crippen molar-refractivity contribution in [2.24, 2.45) is 5.92 Å². The van der Waals surface area contributed by atoms with Crippen LogP contribution in [0.25, 0.3) is 11.4 Å². The van der Waals surface area contributed by atoms with Gasteiger partial charge in [-0.25, -0.2) is 0 Å². The van der Waals surface area contributed by atoms with Crippen molar-refractivity contribution in [3.05, 3.63) is 34.6 Å². The van der Waals surface area contributed by atoms with Gasteiger partial charge in [0.05, 0.1) is 12.5 Å². The van der Waals surface area contributed by atoms with Crippen LogP contribution in [0.5, 0.6) is 0 Å². The molecule has 104 valence electrons. The SMILES string of the molecule is O=C(O)C1CN(Cc2nc(-c3cccc(Br)c3)no2)C1. The summed E-state index contributed by atoms with van der Waals surface area (Å²) >= 11 is 3.40. The summed E-state index contributed by atoms with van der Waals surface area (Å²) in [7, 11) is 0. The summed E-state index contributed by atoms with van der Waals surface area (Å²) < 4.78 is 6.15. The zero-order valence-electron chi connectivity index (χ0n) is 10.5. The van der Waals surface area contributed by atoms with E-state index in [4.69, 9.17) is 9.63 Å². The molecular weight excluding hydrogens is 326 g/mol. The van der Waals surface area contributed by atoms with Gasteiger partial charge in [0.25, 0.3) is 0 Å². The molecule has 1 aromatic heterocycles. The van der Waals surface area contributed by atoms with E-state index in [0.29, 0.717) is 31.3 Å². The molecule has 1 N–H and O–H groups in total. The molecule has 1 fully saturated rings. The van der Waals surface area contributed by atoms with E-state index in [0.717, 1.165) is 10.0 Å². The molecule has 0 unspecified atom stereocenters. The number of carboxylic acid groups (broad SMARTS) is 1. The van der Waals surface area contributed by atoms with Crippen molar-refractivity contribution < 1.29 is 14.4 Å². The summed E-state index contributed by atoms with van der Waals surface area (Å²) in [4.78, 5) is 17.0. The fraction of sp³-hybridized carbons (Fsp3) is 0.308. The molecule has 0 saturated carbocycles. The van der Waals surface area contributed by atoms with E-state index in [9.17, 15) is 4.79 Å². The predicted molar refractivity (Wildman–Crippen MR) is 73.8 cm³/mol. The first-order valence-electron chi connectivity index (χ1n) is 6.15. The Morgan fingerprint density at radius 2 is 2.30 bits per heavy atom. The Balaban J connectivity index is 1.65. The van der Waals surface area contributed by atoms with Crippen LogP contribution < -0.4 is 0 Å². The molecule has 7 heteroatoms. The third-order valence-corrected chi connectivity index (χ3v) is 3.71. The minimum atomic E-state index is -0.749. The predicted octanol–water partition coefficient (Wildman–Crippen LogP) is 2.02. The monoisotopic (exact) mass is 337 g/mol. The summed E-state index contributed by atoms with van der Waals surface area (Å²) in [5.41, 5.74) is 0.876. The minimum absolute atomic E-state index is 0.275. The number of carbonyl (C=O) groups is 1. The second-order valence-electron chi connectivity index (χ2n) is 4.75. The van der Waals surface area contributed by atoms with Gasteiger partial charge in [-0.05, 0) is 12.1 Å². The van der Waals surface area contributed by atoms with Crippen molar-refractivity contribution in [1.82, 2.24) is 15.0 Å². The van der Waals surface area contributed by atoms with E-state index >= 15 is 0 Å². The molecule has 0 amide bonds.